The van der Waals surface area contributed by atoms with Gasteiger partial charge in [-0.3, -0.25) is 4.40 Å². The summed E-state index contributed by atoms with van der Waals surface area (Å²) in [6.07, 6.45) is 0.939. The Bertz CT molecular complexity index is 629. The molecule has 19 heavy (non-hydrogen) atoms. The van der Waals surface area contributed by atoms with Crippen LogP contribution in [0, 0.1) is 0 Å². The molecule has 2 aromatic rings. The molecule has 1 saturated heterocycles. The SMILES string of the molecule is COC(=O)c1nc(C2CCNC2)n2c(O)cccc12. The Balaban J connectivity index is 2.23. The first-order chi connectivity index (χ1) is 9.22. The molecule has 1 unspecified atom stereocenters. The number of hydrogen-bond acceptors (Lipinski definition) is 5. The van der Waals surface area contributed by atoms with Gasteiger partial charge in [0.05, 0.1) is 12.6 Å². The van der Waals surface area contributed by atoms with Gasteiger partial charge in [-0.1, -0.05) is 6.07 Å². The predicted molar refractivity (Wildman–Crippen MR) is 68.4 cm³/mol. The summed E-state index contributed by atoms with van der Waals surface area (Å²) >= 11 is 0. The normalized spacial score (nSPS) is 18.9. The van der Waals surface area contributed by atoms with E-state index in [0.29, 0.717) is 11.3 Å². The number of nitrogens with one attached hydrogen (secondary N) is 1. The van der Waals surface area contributed by atoms with Crippen LogP contribution in [0.4, 0.5) is 0 Å². The third-order valence-corrected chi connectivity index (χ3v) is 3.47. The Morgan fingerprint density at radius 3 is 3.11 bits per heavy atom. The van der Waals surface area contributed by atoms with Crippen LogP contribution < -0.4 is 5.32 Å². The van der Waals surface area contributed by atoms with Crippen LogP contribution in [-0.2, 0) is 4.74 Å². The van der Waals surface area contributed by atoms with E-state index in [0.717, 1.165) is 19.5 Å². The molecule has 6 heteroatoms. The van der Waals surface area contributed by atoms with E-state index >= 15 is 0 Å². The van der Waals surface area contributed by atoms with Crippen molar-refractivity contribution in [1.82, 2.24) is 14.7 Å². The number of pyridine rings is 1. The number of rotatable bonds is 2. The zero-order valence-corrected chi connectivity index (χ0v) is 10.6. The first kappa shape index (κ1) is 12.0. The molecule has 0 bridgehead atoms. The van der Waals surface area contributed by atoms with E-state index in [9.17, 15) is 9.90 Å². The number of fused-ring (bicyclic) bond motifs is 1. The fraction of sp³-hybridized carbons (Fsp3) is 0.385. The molecule has 0 radical (unpaired) electrons. The first-order valence-electron chi connectivity index (χ1n) is 6.21. The van der Waals surface area contributed by atoms with Crippen LogP contribution >= 0.6 is 0 Å². The number of carbonyl (C=O) groups is 1. The van der Waals surface area contributed by atoms with Gasteiger partial charge in [-0.2, -0.15) is 0 Å². The van der Waals surface area contributed by atoms with E-state index in [1.54, 1.807) is 22.6 Å². The van der Waals surface area contributed by atoms with Gasteiger partial charge in [0.15, 0.2) is 11.6 Å². The third-order valence-electron chi connectivity index (χ3n) is 3.47. The first-order valence-corrected chi connectivity index (χ1v) is 6.21. The minimum Gasteiger partial charge on any atom is -0.494 e. The van der Waals surface area contributed by atoms with Crippen LogP contribution in [0.1, 0.15) is 28.7 Å². The smallest absolute Gasteiger partial charge is 0.358 e. The van der Waals surface area contributed by atoms with Crippen molar-refractivity contribution in [2.24, 2.45) is 0 Å². The molecule has 0 amide bonds. The minimum absolute atomic E-state index is 0.0852. The predicted octanol–water partition coefficient (Wildman–Crippen LogP) is 0.903. The summed E-state index contributed by atoms with van der Waals surface area (Å²) in [5.41, 5.74) is 0.828. The summed E-state index contributed by atoms with van der Waals surface area (Å²) in [4.78, 5) is 16.2. The quantitative estimate of drug-likeness (QED) is 0.786. The maximum absolute atomic E-state index is 11.8. The van der Waals surface area contributed by atoms with Crippen molar-refractivity contribution in [3.63, 3.8) is 0 Å². The van der Waals surface area contributed by atoms with Crippen LogP contribution in [-0.4, -0.2) is 40.7 Å². The van der Waals surface area contributed by atoms with Crippen molar-refractivity contribution in [2.75, 3.05) is 20.2 Å². The van der Waals surface area contributed by atoms with E-state index in [1.807, 2.05) is 0 Å². The monoisotopic (exact) mass is 261 g/mol. The van der Waals surface area contributed by atoms with Gasteiger partial charge in [0.25, 0.3) is 0 Å². The lowest BCUT2D eigenvalue weighted by molar-refractivity contribution is 0.0597. The maximum atomic E-state index is 11.8. The molecule has 3 rings (SSSR count). The van der Waals surface area contributed by atoms with Crippen molar-refractivity contribution in [1.29, 1.82) is 0 Å². The second kappa shape index (κ2) is 4.55. The van der Waals surface area contributed by atoms with Crippen LogP contribution in [0.5, 0.6) is 5.88 Å². The summed E-state index contributed by atoms with van der Waals surface area (Å²) in [7, 11) is 1.33. The number of carbonyl (C=O) groups excluding carboxylic acids is 1. The number of methoxy groups -OCH3 is 1. The largest absolute Gasteiger partial charge is 0.494 e. The Kier molecular flexibility index (Phi) is 2.87. The molecule has 100 valence electrons. The van der Waals surface area contributed by atoms with Crippen LogP contribution in [0.25, 0.3) is 5.52 Å². The number of imidazole rings is 1. The van der Waals surface area contributed by atoms with E-state index in [1.165, 1.54) is 7.11 Å². The maximum Gasteiger partial charge on any atom is 0.358 e. The summed E-state index contributed by atoms with van der Waals surface area (Å²) in [6, 6.07) is 5.03. The molecule has 2 aromatic heterocycles. The van der Waals surface area contributed by atoms with Gasteiger partial charge < -0.3 is 15.2 Å². The zero-order chi connectivity index (χ0) is 13.4. The lowest BCUT2D eigenvalue weighted by Gasteiger charge is -2.08. The molecule has 1 aliphatic heterocycles. The molecular weight excluding hydrogens is 246 g/mol. The van der Waals surface area contributed by atoms with Crippen molar-refractivity contribution in [3.05, 3.63) is 29.7 Å². The molecule has 0 spiro atoms. The van der Waals surface area contributed by atoms with Crippen molar-refractivity contribution >= 4 is 11.5 Å². The molecule has 3 heterocycles. The van der Waals surface area contributed by atoms with Gasteiger partial charge >= 0.3 is 5.97 Å². The average Bonchev–Trinajstić information content (AvgIpc) is 3.05. The van der Waals surface area contributed by atoms with Crippen molar-refractivity contribution in [3.8, 4) is 5.88 Å². The topological polar surface area (TPSA) is 75.9 Å². The second-order valence-corrected chi connectivity index (χ2v) is 4.60. The highest BCUT2D eigenvalue weighted by molar-refractivity contribution is 5.95. The van der Waals surface area contributed by atoms with E-state index in [4.69, 9.17) is 4.74 Å². The van der Waals surface area contributed by atoms with Gasteiger partial charge in [-0.25, -0.2) is 9.78 Å². The molecule has 2 N–H and O–H groups in total. The lowest BCUT2D eigenvalue weighted by atomic mass is 10.1. The standard InChI is InChI=1S/C13H15N3O3/c1-19-13(18)11-9-3-2-4-10(17)16(9)12(15-11)8-5-6-14-7-8/h2-4,8,14,17H,5-7H2,1H3. The van der Waals surface area contributed by atoms with Gasteiger partial charge in [0.1, 0.15) is 5.82 Å². The summed E-state index contributed by atoms with van der Waals surface area (Å²) in [6.45, 7) is 1.72. The molecule has 1 aliphatic rings. The summed E-state index contributed by atoms with van der Waals surface area (Å²) < 4.78 is 6.38. The van der Waals surface area contributed by atoms with Crippen LogP contribution in [0.3, 0.4) is 0 Å². The highest BCUT2D eigenvalue weighted by Crippen LogP contribution is 2.28. The van der Waals surface area contributed by atoms with E-state index in [2.05, 4.69) is 10.3 Å². The number of ether oxygens (including phenoxy) is 1. The number of aromatic nitrogens is 2. The molecular formula is C13H15N3O3. The summed E-state index contributed by atoms with van der Waals surface area (Å²) in [5.74, 6) is 0.500. The molecule has 0 aromatic carbocycles. The average molecular weight is 261 g/mol. The molecule has 6 nitrogen and oxygen atoms in total. The second-order valence-electron chi connectivity index (χ2n) is 4.60. The van der Waals surface area contributed by atoms with Gasteiger partial charge in [0, 0.05) is 12.5 Å². The highest BCUT2D eigenvalue weighted by Gasteiger charge is 2.26. The fourth-order valence-corrected chi connectivity index (χ4v) is 2.54. The van der Waals surface area contributed by atoms with Crippen molar-refractivity contribution in [2.45, 2.75) is 12.3 Å². The molecule has 0 aliphatic carbocycles. The summed E-state index contributed by atoms with van der Waals surface area (Å²) in [5, 5.41) is 13.3. The van der Waals surface area contributed by atoms with Gasteiger partial charge in [0.2, 0.25) is 0 Å². The van der Waals surface area contributed by atoms with Gasteiger partial charge in [-0.15, -0.1) is 0 Å². The Hall–Kier alpha value is -2.08. The van der Waals surface area contributed by atoms with Crippen LogP contribution in [0.15, 0.2) is 18.2 Å². The Morgan fingerprint density at radius 1 is 1.58 bits per heavy atom. The Morgan fingerprint density at radius 2 is 2.42 bits per heavy atom. The molecule has 1 fully saturated rings. The highest BCUT2D eigenvalue weighted by atomic mass is 16.5. The van der Waals surface area contributed by atoms with E-state index < -0.39 is 5.97 Å². The van der Waals surface area contributed by atoms with Crippen LogP contribution in [0.2, 0.25) is 0 Å². The molecule has 1 atom stereocenters. The lowest BCUT2D eigenvalue weighted by Crippen LogP contribution is -2.10. The number of nitrogens with zero attached hydrogens (tertiary/aromatic N) is 2. The third kappa shape index (κ3) is 1.84. The van der Waals surface area contributed by atoms with Gasteiger partial charge in [-0.05, 0) is 25.1 Å². The Labute approximate surface area is 110 Å². The van der Waals surface area contributed by atoms with E-state index in [-0.39, 0.29) is 17.5 Å². The molecule has 0 saturated carbocycles. The minimum atomic E-state index is -0.486. The fourth-order valence-electron chi connectivity index (χ4n) is 2.54. The zero-order valence-electron chi connectivity index (χ0n) is 10.6. The number of esters is 1. The van der Waals surface area contributed by atoms with Crippen molar-refractivity contribution < 1.29 is 14.6 Å². The number of aromatic hydroxyl groups is 1. The number of hydrogen-bond donors (Lipinski definition) is 2.